The second kappa shape index (κ2) is 10.1. The smallest absolute Gasteiger partial charge is 0.411 e. The molecule has 0 aliphatic carbocycles. The quantitative estimate of drug-likeness (QED) is 0.621. The Morgan fingerprint density at radius 1 is 1.31 bits per heavy atom. The topological polar surface area (TPSA) is 68.6 Å². The fraction of sp³-hybridized carbons (Fsp3) is 0.524. The lowest BCUT2D eigenvalue weighted by atomic mass is 10.1. The standard InChI is InChI=1S/C21H29BrN4O3/c1-15(2)14-29-21(27)24-16-6-7-19(28-11-10-26-8-4-5-9-26)17(12-16)20-18(22)13-23-25(20)3/h6-7,12-13,15H,4-5,8-11,14H2,1-3H3,(H,24,27). The van der Waals surface area contributed by atoms with E-state index < -0.39 is 6.09 Å². The Bertz CT molecular complexity index is 812. The lowest BCUT2D eigenvalue weighted by Gasteiger charge is -2.18. The Morgan fingerprint density at radius 3 is 2.72 bits per heavy atom. The van der Waals surface area contributed by atoms with Gasteiger partial charge >= 0.3 is 6.09 Å². The summed E-state index contributed by atoms with van der Waals surface area (Å²) in [5.41, 5.74) is 2.40. The predicted molar refractivity (Wildman–Crippen MR) is 117 cm³/mol. The Balaban J connectivity index is 1.77. The first-order chi connectivity index (χ1) is 13.9. The van der Waals surface area contributed by atoms with E-state index in [0.717, 1.165) is 41.1 Å². The van der Waals surface area contributed by atoms with Crippen LogP contribution in [0.3, 0.4) is 0 Å². The van der Waals surface area contributed by atoms with Crippen LogP contribution in [0.5, 0.6) is 5.75 Å². The average molecular weight is 465 g/mol. The molecule has 1 N–H and O–H groups in total. The molecule has 1 saturated heterocycles. The van der Waals surface area contributed by atoms with Gasteiger partial charge in [-0.3, -0.25) is 14.9 Å². The number of likely N-dealkylation sites (tertiary alicyclic amines) is 1. The fourth-order valence-corrected chi connectivity index (χ4v) is 3.88. The summed E-state index contributed by atoms with van der Waals surface area (Å²) in [4.78, 5) is 14.5. The van der Waals surface area contributed by atoms with Gasteiger partial charge in [0.15, 0.2) is 0 Å². The van der Waals surface area contributed by atoms with E-state index in [2.05, 4.69) is 31.2 Å². The number of rotatable bonds is 8. The van der Waals surface area contributed by atoms with Crippen LogP contribution in [0.25, 0.3) is 11.3 Å². The minimum absolute atomic E-state index is 0.285. The van der Waals surface area contributed by atoms with Crippen LogP contribution in [0, 0.1) is 5.92 Å². The molecule has 1 aliphatic heterocycles. The molecule has 0 unspecified atom stereocenters. The summed E-state index contributed by atoms with van der Waals surface area (Å²) in [6.45, 7) is 8.19. The number of nitrogens with zero attached hydrogens (tertiary/aromatic N) is 3. The van der Waals surface area contributed by atoms with Gasteiger partial charge in [0.25, 0.3) is 0 Å². The molecule has 3 rings (SSSR count). The first-order valence-electron chi connectivity index (χ1n) is 10.0. The van der Waals surface area contributed by atoms with Crippen molar-refractivity contribution in [3.05, 3.63) is 28.9 Å². The number of carbonyl (C=O) groups excluding carboxylic acids is 1. The number of carbonyl (C=O) groups is 1. The monoisotopic (exact) mass is 464 g/mol. The highest BCUT2D eigenvalue weighted by Crippen LogP contribution is 2.36. The fourth-order valence-electron chi connectivity index (χ4n) is 3.32. The number of hydrogen-bond donors (Lipinski definition) is 1. The number of ether oxygens (including phenoxy) is 2. The van der Waals surface area contributed by atoms with E-state index in [1.165, 1.54) is 12.8 Å². The molecule has 0 bridgehead atoms. The number of aromatic nitrogens is 2. The van der Waals surface area contributed by atoms with Crippen molar-refractivity contribution >= 4 is 27.7 Å². The van der Waals surface area contributed by atoms with Gasteiger partial charge in [0.05, 0.1) is 23.0 Å². The molecule has 0 spiro atoms. The normalized spacial score (nSPS) is 14.4. The van der Waals surface area contributed by atoms with Gasteiger partial charge in [-0.1, -0.05) is 13.8 Å². The third-order valence-corrected chi connectivity index (χ3v) is 5.37. The van der Waals surface area contributed by atoms with Crippen molar-refractivity contribution in [3.8, 4) is 17.0 Å². The second-order valence-corrected chi connectivity index (χ2v) is 8.54. The minimum atomic E-state index is -0.462. The maximum absolute atomic E-state index is 12.1. The number of nitrogens with one attached hydrogen (secondary N) is 1. The number of halogens is 1. The van der Waals surface area contributed by atoms with E-state index in [9.17, 15) is 4.79 Å². The van der Waals surface area contributed by atoms with Gasteiger partial charge < -0.3 is 9.47 Å². The molecule has 1 aromatic carbocycles. The van der Waals surface area contributed by atoms with Crippen LogP contribution in [-0.4, -0.2) is 53.6 Å². The first-order valence-corrected chi connectivity index (χ1v) is 10.8. The molecule has 7 nitrogen and oxygen atoms in total. The summed E-state index contributed by atoms with van der Waals surface area (Å²) >= 11 is 3.57. The van der Waals surface area contributed by atoms with Gasteiger partial charge in [-0.2, -0.15) is 5.10 Å². The molecule has 2 heterocycles. The highest BCUT2D eigenvalue weighted by Gasteiger charge is 2.17. The highest BCUT2D eigenvalue weighted by atomic mass is 79.9. The van der Waals surface area contributed by atoms with Crippen LogP contribution in [0.4, 0.5) is 10.5 Å². The third-order valence-electron chi connectivity index (χ3n) is 4.79. The number of benzene rings is 1. The highest BCUT2D eigenvalue weighted by molar-refractivity contribution is 9.10. The van der Waals surface area contributed by atoms with Gasteiger partial charge in [0.1, 0.15) is 12.4 Å². The molecule has 158 valence electrons. The molecular weight excluding hydrogens is 436 g/mol. The zero-order valence-corrected chi connectivity index (χ0v) is 18.9. The van der Waals surface area contributed by atoms with Crippen LogP contribution in [-0.2, 0) is 11.8 Å². The lowest BCUT2D eigenvalue weighted by Crippen LogP contribution is -2.25. The summed E-state index contributed by atoms with van der Waals surface area (Å²) < 4.78 is 14.0. The van der Waals surface area contributed by atoms with E-state index in [4.69, 9.17) is 9.47 Å². The Kier molecular flexibility index (Phi) is 7.55. The van der Waals surface area contributed by atoms with E-state index in [1.54, 1.807) is 10.9 Å². The van der Waals surface area contributed by atoms with Crippen molar-refractivity contribution < 1.29 is 14.3 Å². The zero-order valence-electron chi connectivity index (χ0n) is 17.3. The molecule has 0 radical (unpaired) electrons. The maximum atomic E-state index is 12.1. The number of hydrogen-bond acceptors (Lipinski definition) is 5. The molecular formula is C21H29BrN4O3. The summed E-state index contributed by atoms with van der Waals surface area (Å²) in [6, 6.07) is 5.61. The Morgan fingerprint density at radius 2 is 2.07 bits per heavy atom. The van der Waals surface area contributed by atoms with Crippen molar-refractivity contribution in [3.63, 3.8) is 0 Å². The van der Waals surface area contributed by atoms with Crippen LogP contribution >= 0.6 is 15.9 Å². The number of anilines is 1. The van der Waals surface area contributed by atoms with Gasteiger partial charge in [-0.25, -0.2) is 4.79 Å². The maximum Gasteiger partial charge on any atom is 0.411 e. The van der Waals surface area contributed by atoms with Crippen molar-refractivity contribution in [2.24, 2.45) is 13.0 Å². The van der Waals surface area contributed by atoms with E-state index >= 15 is 0 Å². The second-order valence-electron chi connectivity index (χ2n) is 7.69. The number of aryl methyl sites for hydroxylation is 1. The largest absolute Gasteiger partial charge is 0.492 e. The van der Waals surface area contributed by atoms with E-state index in [1.807, 2.05) is 39.1 Å². The van der Waals surface area contributed by atoms with Gasteiger partial charge in [0, 0.05) is 24.8 Å². The molecule has 8 heteroatoms. The molecule has 2 aromatic rings. The third kappa shape index (κ3) is 5.96. The van der Waals surface area contributed by atoms with Crippen molar-refractivity contribution in [2.75, 3.05) is 38.2 Å². The lowest BCUT2D eigenvalue weighted by molar-refractivity contribution is 0.147. The van der Waals surface area contributed by atoms with Crippen LogP contribution < -0.4 is 10.1 Å². The van der Waals surface area contributed by atoms with Crippen molar-refractivity contribution in [1.29, 1.82) is 0 Å². The van der Waals surface area contributed by atoms with E-state index in [0.29, 0.717) is 18.9 Å². The van der Waals surface area contributed by atoms with E-state index in [-0.39, 0.29) is 5.92 Å². The van der Waals surface area contributed by atoms with Crippen LogP contribution in [0.2, 0.25) is 0 Å². The molecule has 29 heavy (non-hydrogen) atoms. The van der Waals surface area contributed by atoms with Gasteiger partial charge in [0.2, 0.25) is 0 Å². The van der Waals surface area contributed by atoms with Gasteiger partial charge in [-0.05, 0) is 66.0 Å². The Hall–Kier alpha value is -2.06. The Labute approximate surface area is 180 Å². The number of amides is 1. The zero-order chi connectivity index (χ0) is 20.8. The molecule has 1 amide bonds. The van der Waals surface area contributed by atoms with Crippen molar-refractivity contribution in [1.82, 2.24) is 14.7 Å². The minimum Gasteiger partial charge on any atom is -0.492 e. The molecule has 0 saturated carbocycles. The molecule has 0 atom stereocenters. The summed E-state index contributed by atoms with van der Waals surface area (Å²) in [7, 11) is 1.88. The summed E-state index contributed by atoms with van der Waals surface area (Å²) in [6.07, 6.45) is 3.82. The van der Waals surface area contributed by atoms with Crippen molar-refractivity contribution in [2.45, 2.75) is 26.7 Å². The summed E-state index contributed by atoms with van der Waals surface area (Å²) in [5, 5.41) is 7.11. The SMILES string of the molecule is CC(C)COC(=O)Nc1ccc(OCCN2CCCC2)c(-c2c(Br)cnn2C)c1. The average Bonchev–Trinajstić information content (AvgIpc) is 3.31. The first kappa shape index (κ1) is 21.6. The molecule has 1 aliphatic rings. The van der Waals surface area contributed by atoms with Crippen LogP contribution in [0.1, 0.15) is 26.7 Å². The predicted octanol–water partition coefficient (Wildman–Crippen LogP) is 4.53. The molecule has 1 aromatic heterocycles. The molecule has 1 fully saturated rings. The van der Waals surface area contributed by atoms with Crippen LogP contribution in [0.15, 0.2) is 28.9 Å². The van der Waals surface area contributed by atoms with Gasteiger partial charge in [-0.15, -0.1) is 0 Å². The summed E-state index contributed by atoms with van der Waals surface area (Å²) in [5.74, 6) is 1.04.